The number of benzene rings is 7. The van der Waals surface area contributed by atoms with Crippen molar-refractivity contribution in [2.24, 2.45) is 0 Å². The fourth-order valence-corrected chi connectivity index (χ4v) is 11.5. The second-order valence-electron chi connectivity index (χ2n) is 20.3. The number of fused-ring (bicyclic) bond motifs is 6. The molecule has 458 valence electrons. The van der Waals surface area contributed by atoms with E-state index in [9.17, 15) is 0 Å². The largest absolute Gasteiger partial charge is 0.513 e. The molecule has 13 heteroatoms. The minimum absolute atomic E-state index is 0. The van der Waals surface area contributed by atoms with Crippen LogP contribution in [0.2, 0.25) is 0 Å². The van der Waals surface area contributed by atoms with Crippen LogP contribution >= 0.6 is 22.7 Å². The van der Waals surface area contributed by atoms with Crippen LogP contribution in [0, 0.1) is 30.3 Å². The zero-order valence-electron chi connectivity index (χ0n) is 49.3. The van der Waals surface area contributed by atoms with Crippen molar-refractivity contribution in [2.45, 2.75) is 39.2 Å². The summed E-state index contributed by atoms with van der Waals surface area (Å²) in [6.07, 6.45) is 9.95. The third-order valence-corrected chi connectivity index (χ3v) is 15.7. The molecule has 1 atom stereocenters. The van der Waals surface area contributed by atoms with Crippen molar-refractivity contribution in [1.29, 1.82) is 0 Å². The SMILES string of the molecule is CC(O)=CC(C)O.CC1(C)c2ccccc2-c2c[c-]c(-c3nccc4ccccc34)cc21.[Ir].[Ir].[Ir].[Ir].[c-]1c(-c2ccccn2)sc2ccccc12.[c-]1ccccc1-c1ccccn1.[c-]1ccccc1-c1ccccn1.[c-]1ccsc1-c1nccc2ccccc12. The number of aromatic nitrogens is 5. The number of thiophene rings is 2. The molecule has 0 spiro atoms. The van der Waals surface area contributed by atoms with Crippen LogP contribution in [0.15, 0.2) is 279 Å². The predicted octanol–water partition coefficient (Wildman–Crippen LogP) is 19.5. The fourth-order valence-electron chi connectivity index (χ4n) is 9.81. The van der Waals surface area contributed by atoms with Crippen LogP contribution in [-0.2, 0) is 85.8 Å². The number of hydrogen-bond acceptors (Lipinski definition) is 9. The van der Waals surface area contributed by atoms with E-state index >= 15 is 0 Å². The van der Waals surface area contributed by atoms with Crippen molar-refractivity contribution < 1.29 is 90.6 Å². The summed E-state index contributed by atoms with van der Waals surface area (Å²) in [6, 6.07) is 93.8. The predicted molar refractivity (Wildman–Crippen MR) is 356 cm³/mol. The molecule has 7 nitrogen and oxygen atoms in total. The van der Waals surface area contributed by atoms with Crippen molar-refractivity contribution in [2.75, 3.05) is 0 Å². The van der Waals surface area contributed by atoms with Gasteiger partial charge < -0.3 is 35.1 Å². The number of nitrogens with zero attached hydrogens (tertiary/aromatic N) is 5. The Bertz CT molecular complexity index is 4250. The quantitative estimate of drug-likeness (QED) is 0.126. The summed E-state index contributed by atoms with van der Waals surface area (Å²) in [4.78, 5) is 24.1. The molecule has 7 heterocycles. The van der Waals surface area contributed by atoms with Crippen LogP contribution < -0.4 is 0 Å². The van der Waals surface area contributed by atoms with Gasteiger partial charge in [-0.2, -0.15) is 12.1 Å². The molecular formula is C77H60Ir4N5O2S2-5. The summed E-state index contributed by atoms with van der Waals surface area (Å²) in [6.45, 7) is 7.71. The normalized spacial score (nSPS) is 11.4. The number of aliphatic hydroxyl groups excluding tert-OH is 2. The van der Waals surface area contributed by atoms with E-state index in [1.165, 1.54) is 66.9 Å². The van der Waals surface area contributed by atoms with Crippen molar-refractivity contribution in [3.8, 4) is 66.0 Å². The van der Waals surface area contributed by atoms with Gasteiger partial charge in [-0.3, -0.25) is 0 Å². The molecule has 0 saturated heterocycles. The molecule has 4 radical (unpaired) electrons. The maximum Gasteiger partial charge on any atom is 0.0877 e. The van der Waals surface area contributed by atoms with Crippen LogP contribution in [-0.4, -0.2) is 41.2 Å². The minimum Gasteiger partial charge on any atom is -0.513 e. The monoisotopic (exact) mass is 1920 g/mol. The minimum atomic E-state index is -0.537. The molecule has 0 bridgehead atoms. The van der Waals surface area contributed by atoms with Crippen molar-refractivity contribution in [3.63, 3.8) is 0 Å². The van der Waals surface area contributed by atoms with Gasteiger partial charge in [0.05, 0.1) is 11.9 Å². The molecule has 0 amide bonds. The zero-order chi connectivity index (χ0) is 59.5. The van der Waals surface area contributed by atoms with Gasteiger partial charge in [-0.15, -0.1) is 130 Å². The number of pyridine rings is 5. The summed E-state index contributed by atoms with van der Waals surface area (Å²) in [5.74, 6) is 0.162. The molecule has 7 aromatic heterocycles. The van der Waals surface area contributed by atoms with Crippen molar-refractivity contribution >= 4 is 54.3 Å². The smallest absolute Gasteiger partial charge is 0.0877 e. The van der Waals surface area contributed by atoms with Crippen LogP contribution in [0.5, 0.6) is 0 Å². The van der Waals surface area contributed by atoms with Crippen LogP contribution in [0.1, 0.15) is 38.8 Å². The van der Waals surface area contributed by atoms with Gasteiger partial charge >= 0.3 is 0 Å². The molecule has 0 aliphatic heterocycles. The Morgan fingerprint density at radius 3 is 1.52 bits per heavy atom. The molecule has 1 unspecified atom stereocenters. The van der Waals surface area contributed by atoms with E-state index in [-0.39, 0.29) is 91.6 Å². The van der Waals surface area contributed by atoms with Crippen LogP contribution in [0.25, 0.3) is 97.7 Å². The van der Waals surface area contributed by atoms with Crippen molar-refractivity contribution in [3.05, 3.63) is 320 Å². The fraction of sp³-hybridized carbons (Fsp3) is 0.0779. The Hall–Kier alpha value is -7.43. The average Bonchev–Trinajstić information content (AvgIpc) is 1.58. The Kier molecular flexibility index (Phi) is 28.5. The molecule has 1 aliphatic carbocycles. The van der Waals surface area contributed by atoms with E-state index < -0.39 is 6.10 Å². The first-order valence-electron chi connectivity index (χ1n) is 28.0. The summed E-state index contributed by atoms with van der Waals surface area (Å²) >= 11 is 3.41. The van der Waals surface area contributed by atoms with Gasteiger partial charge in [-0.1, -0.05) is 151 Å². The van der Waals surface area contributed by atoms with E-state index in [0.717, 1.165) is 54.9 Å². The Morgan fingerprint density at radius 2 is 1.00 bits per heavy atom. The third kappa shape index (κ3) is 18.8. The summed E-state index contributed by atoms with van der Waals surface area (Å²) in [5, 5.41) is 24.9. The zero-order valence-corrected chi connectivity index (χ0v) is 60.6. The first-order valence-corrected chi connectivity index (χ1v) is 29.7. The third-order valence-electron chi connectivity index (χ3n) is 13.8. The molecular weight excluding hydrogens is 1860 g/mol. The average molecular weight is 1920 g/mol. The summed E-state index contributed by atoms with van der Waals surface area (Å²) in [7, 11) is 0. The number of allylic oxidation sites excluding steroid dienone is 1. The molecule has 0 saturated carbocycles. The second kappa shape index (κ2) is 35.8. The van der Waals surface area contributed by atoms with Gasteiger partial charge in [0.25, 0.3) is 0 Å². The van der Waals surface area contributed by atoms with Gasteiger partial charge in [0.1, 0.15) is 0 Å². The Balaban J connectivity index is 0.000000177. The van der Waals surface area contributed by atoms with Gasteiger partial charge in [-0.25, -0.2) is 22.7 Å². The van der Waals surface area contributed by atoms with Gasteiger partial charge in [0.2, 0.25) is 0 Å². The van der Waals surface area contributed by atoms with Crippen LogP contribution in [0.3, 0.4) is 0 Å². The molecule has 0 fully saturated rings. The Morgan fingerprint density at radius 1 is 0.478 bits per heavy atom. The summed E-state index contributed by atoms with van der Waals surface area (Å²) < 4.78 is 1.26. The first-order chi connectivity index (χ1) is 42.1. The molecule has 2 N–H and O–H groups in total. The molecule has 7 aromatic carbocycles. The number of aliphatic hydroxyl groups is 2. The van der Waals surface area contributed by atoms with Gasteiger partial charge in [0.15, 0.2) is 0 Å². The van der Waals surface area contributed by atoms with Crippen LogP contribution in [0.4, 0.5) is 0 Å². The van der Waals surface area contributed by atoms with E-state index in [4.69, 9.17) is 10.2 Å². The van der Waals surface area contributed by atoms with E-state index in [1.807, 2.05) is 157 Å². The van der Waals surface area contributed by atoms with E-state index in [1.54, 1.807) is 42.0 Å². The molecule has 90 heavy (non-hydrogen) atoms. The molecule has 15 rings (SSSR count). The number of rotatable bonds is 6. The maximum atomic E-state index is 8.49. The Labute approximate surface area is 589 Å². The number of hydrogen-bond donors (Lipinski definition) is 2. The van der Waals surface area contributed by atoms with Crippen molar-refractivity contribution in [1.82, 2.24) is 24.9 Å². The van der Waals surface area contributed by atoms with Gasteiger partial charge in [0, 0.05) is 117 Å². The maximum absolute atomic E-state index is 8.49. The van der Waals surface area contributed by atoms with E-state index in [0.29, 0.717) is 0 Å². The molecule has 1 aliphatic rings. The summed E-state index contributed by atoms with van der Waals surface area (Å²) in [5.41, 5.74) is 13.5. The topological polar surface area (TPSA) is 105 Å². The standard InChI is InChI=1S/C24H18N.2C13H8NS.2C11H8N.C5H10O2.4Ir/c1-24(2)21-10-6-5-9-19(21)20-12-11-17(15-22(20)24)23-18-8-4-3-7-16(18)13-14-25-23;1-2-7-12-10(5-1)9-13(15-12)11-6-3-4-8-14-11;1-2-5-11-10(4-1)7-8-14-13(11)12-6-3-9-15-12;2*1-2-6-10(7-3-1)11-8-4-5-9-12-11;1-4(6)3-5(2)7;;;;/h3-10,12-15H,1-2H3;1-8H;1-5,7-9H;2*1-6,8-9H;3-4,6-7H,1-2H3;;;;/q5*-1;;;;;. The molecule has 14 aromatic rings. The van der Waals surface area contributed by atoms with E-state index in [2.05, 4.69) is 166 Å². The van der Waals surface area contributed by atoms with Gasteiger partial charge in [-0.05, 0) is 115 Å². The first kappa shape index (κ1) is 71.6. The second-order valence-corrected chi connectivity index (χ2v) is 22.3.